The summed E-state index contributed by atoms with van der Waals surface area (Å²) in [4.78, 5) is 0. The van der Waals surface area contributed by atoms with Gasteiger partial charge in [-0.3, -0.25) is 0 Å². The number of rotatable bonds is 1. The standard InChI is InChI=1S/C11H13ClO2/c1-11(6-7-13-8-14-11)9-2-4-10(12)5-3-9/h2-5H,6-8H2,1H3. The molecule has 0 bridgehead atoms. The third-order valence-electron chi connectivity index (χ3n) is 2.64. The van der Waals surface area contributed by atoms with Crippen molar-refractivity contribution in [3.8, 4) is 0 Å². The summed E-state index contributed by atoms with van der Waals surface area (Å²) < 4.78 is 10.8. The van der Waals surface area contributed by atoms with Gasteiger partial charge in [-0.25, -0.2) is 0 Å². The van der Waals surface area contributed by atoms with Crippen molar-refractivity contribution in [2.24, 2.45) is 0 Å². The highest BCUT2D eigenvalue weighted by Gasteiger charge is 2.30. The molecule has 2 nitrogen and oxygen atoms in total. The molecule has 0 radical (unpaired) electrons. The molecule has 14 heavy (non-hydrogen) atoms. The van der Waals surface area contributed by atoms with Crippen LogP contribution in [0.25, 0.3) is 0 Å². The van der Waals surface area contributed by atoms with E-state index in [1.165, 1.54) is 0 Å². The molecule has 1 unspecified atom stereocenters. The third kappa shape index (κ3) is 1.92. The lowest BCUT2D eigenvalue weighted by Gasteiger charge is -2.34. The van der Waals surface area contributed by atoms with E-state index in [1.807, 2.05) is 24.3 Å². The van der Waals surface area contributed by atoms with Crippen molar-refractivity contribution in [1.29, 1.82) is 0 Å². The zero-order valence-corrected chi connectivity index (χ0v) is 8.88. The van der Waals surface area contributed by atoms with Crippen LogP contribution in [0.15, 0.2) is 24.3 Å². The fourth-order valence-corrected chi connectivity index (χ4v) is 1.73. The topological polar surface area (TPSA) is 18.5 Å². The van der Waals surface area contributed by atoms with E-state index in [0.717, 1.165) is 23.6 Å². The van der Waals surface area contributed by atoms with E-state index >= 15 is 0 Å². The summed E-state index contributed by atoms with van der Waals surface area (Å²) >= 11 is 5.83. The van der Waals surface area contributed by atoms with Gasteiger partial charge in [-0.1, -0.05) is 23.7 Å². The van der Waals surface area contributed by atoms with E-state index in [9.17, 15) is 0 Å². The van der Waals surface area contributed by atoms with E-state index in [-0.39, 0.29) is 5.60 Å². The molecule has 3 heteroatoms. The van der Waals surface area contributed by atoms with Gasteiger partial charge in [0.05, 0.1) is 12.2 Å². The highest BCUT2D eigenvalue weighted by atomic mass is 35.5. The van der Waals surface area contributed by atoms with Crippen LogP contribution in [0.1, 0.15) is 18.9 Å². The monoisotopic (exact) mass is 212 g/mol. The second-order valence-corrected chi connectivity index (χ2v) is 4.09. The lowest BCUT2D eigenvalue weighted by Crippen LogP contribution is -2.33. The predicted octanol–water partition coefficient (Wildman–Crippen LogP) is 2.95. The highest BCUT2D eigenvalue weighted by Crippen LogP contribution is 2.32. The molecule has 1 aromatic rings. The summed E-state index contributed by atoms with van der Waals surface area (Å²) in [6.07, 6.45) is 0.884. The molecule has 1 heterocycles. The average molecular weight is 213 g/mol. The van der Waals surface area contributed by atoms with Crippen molar-refractivity contribution < 1.29 is 9.47 Å². The molecule has 1 aromatic carbocycles. The predicted molar refractivity (Wildman–Crippen MR) is 55.3 cm³/mol. The average Bonchev–Trinajstić information content (AvgIpc) is 2.19. The van der Waals surface area contributed by atoms with E-state index in [1.54, 1.807) is 0 Å². The minimum Gasteiger partial charge on any atom is -0.355 e. The Balaban J connectivity index is 2.23. The molecule has 1 fully saturated rings. The van der Waals surface area contributed by atoms with Crippen LogP contribution in [0.3, 0.4) is 0 Å². The van der Waals surface area contributed by atoms with Gasteiger partial charge in [0.25, 0.3) is 0 Å². The zero-order valence-electron chi connectivity index (χ0n) is 8.13. The first kappa shape index (κ1) is 9.97. The SMILES string of the molecule is CC1(c2ccc(Cl)cc2)CCOCO1. The second kappa shape index (κ2) is 3.89. The van der Waals surface area contributed by atoms with E-state index < -0.39 is 0 Å². The van der Waals surface area contributed by atoms with Crippen LogP contribution in [0.5, 0.6) is 0 Å². The summed E-state index contributed by atoms with van der Waals surface area (Å²) in [7, 11) is 0. The van der Waals surface area contributed by atoms with Crippen molar-refractivity contribution in [2.75, 3.05) is 13.4 Å². The number of hydrogen-bond donors (Lipinski definition) is 0. The second-order valence-electron chi connectivity index (χ2n) is 3.66. The quantitative estimate of drug-likeness (QED) is 0.713. The summed E-state index contributed by atoms with van der Waals surface area (Å²) in [5, 5.41) is 0.754. The van der Waals surface area contributed by atoms with E-state index in [2.05, 4.69) is 6.92 Å². The van der Waals surface area contributed by atoms with Gasteiger partial charge in [-0.05, 0) is 24.6 Å². The Labute approximate surface area is 88.8 Å². The van der Waals surface area contributed by atoms with Crippen LogP contribution in [-0.2, 0) is 15.1 Å². The molecule has 1 atom stereocenters. The Hall–Kier alpha value is -0.570. The number of hydrogen-bond acceptors (Lipinski definition) is 2. The molecule has 1 saturated heterocycles. The molecule has 0 N–H and O–H groups in total. The minimum atomic E-state index is -0.219. The van der Waals surface area contributed by atoms with Crippen LogP contribution in [0.2, 0.25) is 5.02 Å². The van der Waals surface area contributed by atoms with Gasteiger partial charge < -0.3 is 9.47 Å². The van der Waals surface area contributed by atoms with Gasteiger partial charge in [0, 0.05) is 11.4 Å². The van der Waals surface area contributed by atoms with Crippen molar-refractivity contribution >= 4 is 11.6 Å². The maximum atomic E-state index is 5.83. The van der Waals surface area contributed by atoms with E-state index in [0.29, 0.717) is 6.79 Å². The van der Waals surface area contributed by atoms with Crippen molar-refractivity contribution in [3.05, 3.63) is 34.9 Å². The first-order valence-electron chi connectivity index (χ1n) is 4.68. The van der Waals surface area contributed by atoms with Gasteiger partial charge in [-0.15, -0.1) is 0 Å². The first-order valence-corrected chi connectivity index (χ1v) is 5.06. The summed E-state index contributed by atoms with van der Waals surface area (Å²) in [6, 6.07) is 7.79. The van der Waals surface area contributed by atoms with Crippen LogP contribution in [-0.4, -0.2) is 13.4 Å². The fraction of sp³-hybridized carbons (Fsp3) is 0.455. The third-order valence-corrected chi connectivity index (χ3v) is 2.89. The maximum Gasteiger partial charge on any atom is 0.147 e. The fourth-order valence-electron chi connectivity index (χ4n) is 1.60. The molecule has 1 aliphatic heterocycles. The van der Waals surface area contributed by atoms with E-state index in [4.69, 9.17) is 21.1 Å². The lowest BCUT2D eigenvalue weighted by atomic mass is 9.92. The minimum absolute atomic E-state index is 0.219. The number of halogens is 1. The summed E-state index contributed by atoms with van der Waals surface area (Å²) in [5.41, 5.74) is 0.938. The van der Waals surface area contributed by atoms with Crippen LogP contribution in [0.4, 0.5) is 0 Å². The van der Waals surface area contributed by atoms with Gasteiger partial charge in [0.1, 0.15) is 6.79 Å². The molecule has 1 aliphatic rings. The maximum absolute atomic E-state index is 5.83. The molecule has 0 aromatic heterocycles. The first-order chi connectivity index (χ1) is 6.71. The van der Waals surface area contributed by atoms with Gasteiger partial charge in [-0.2, -0.15) is 0 Å². The molecule has 0 amide bonds. The molecular weight excluding hydrogens is 200 g/mol. The molecule has 0 spiro atoms. The van der Waals surface area contributed by atoms with Crippen LogP contribution >= 0.6 is 11.6 Å². The summed E-state index contributed by atoms with van der Waals surface area (Å²) in [5.74, 6) is 0. The Morgan fingerprint density at radius 3 is 2.57 bits per heavy atom. The Morgan fingerprint density at radius 1 is 1.29 bits per heavy atom. The Morgan fingerprint density at radius 2 is 2.00 bits per heavy atom. The molecule has 0 saturated carbocycles. The zero-order chi connectivity index (χ0) is 10.0. The van der Waals surface area contributed by atoms with Gasteiger partial charge in [0.2, 0.25) is 0 Å². The van der Waals surface area contributed by atoms with Crippen molar-refractivity contribution in [2.45, 2.75) is 18.9 Å². The van der Waals surface area contributed by atoms with Crippen molar-refractivity contribution in [1.82, 2.24) is 0 Å². The van der Waals surface area contributed by atoms with Gasteiger partial charge >= 0.3 is 0 Å². The Kier molecular flexibility index (Phi) is 2.77. The molecule has 0 aliphatic carbocycles. The smallest absolute Gasteiger partial charge is 0.147 e. The largest absolute Gasteiger partial charge is 0.355 e. The normalized spacial score (nSPS) is 27.6. The summed E-state index contributed by atoms with van der Waals surface area (Å²) in [6.45, 7) is 3.21. The number of ether oxygens (including phenoxy) is 2. The van der Waals surface area contributed by atoms with Crippen LogP contribution < -0.4 is 0 Å². The van der Waals surface area contributed by atoms with Gasteiger partial charge in [0.15, 0.2) is 0 Å². The molecule has 2 rings (SSSR count). The number of benzene rings is 1. The highest BCUT2D eigenvalue weighted by molar-refractivity contribution is 6.30. The van der Waals surface area contributed by atoms with Crippen molar-refractivity contribution in [3.63, 3.8) is 0 Å². The van der Waals surface area contributed by atoms with Crippen LogP contribution in [0, 0.1) is 0 Å². The lowest BCUT2D eigenvalue weighted by molar-refractivity contribution is -0.191. The Bertz CT molecular complexity index is 302. The molecular formula is C11H13ClO2. The molecule has 76 valence electrons.